The number of nitrogens with one attached hydrogen (secondary N) is 1. The number of rotatable bonds is 9. The third kappa shape index (κ3) is 6.70. The Kier molecular flexibility index (Phi) is 9.10. The molecule has 1 N–H and O–H groups in total. The molecule has 1 aliphatic rings. The van der Waals surface area contributed by atoms with E-state index in [4.69, 9.17) is 9.47 Å². The Bertz CT molecular complexity index is 1350. The highest BCUT2D eigenvalue weighted by Gasteiger charge is 2.29. The molecule has 3 aromatic carbocycles. The number of hydrogen-bond acceptors (Lipinski definition) is 4. The van der Waals surface area contributed by atoms with Crippen LogP contribution >= 0.6 is 12.4 Å². The van der Waals surface area contributed by atoms with Crippen LogP contribution in [-0.2, 0) is 28.1 Å². The number of benzene rings is 3. The van der Waals surface area contributed by atoms with Crippen molar-refractivity contribution in [1.29, 1.82) is 0 Å². The number of amides is 1. The molecule has 0 saturated heterocycles. The van der Waals surface area contributed by atoms with Crippen molar-refractivity contribution in [3.63, 3.8) is 0 Å². The lowest BCUT2D eigenvalue weighted by molar-refractivity contribution is -0.116. The van der Waals surface area contributed by atoms with Crippen molar-refractivity contribution >= 4 is 24.0 Å². The van der Waals surface area contributed by atoms with Crippen molar-refractivity contribution in [3.05, 3.63) is 108 Å². The third-order valence-corrected chi connectivity index (χ3v) is 6.94. The minimum absolute atomic E-state index is 0. The lowest BCUT2D eigenvalue weighted by Crippen LogP contribution is -2.23. The number of halogens is 1. The number of nitrogens with zero attached hydrogens (tertiary/aromatic N) is 2. The Balaban J connectivity index is 0.00000353. The highest BCUT2D eigenvalue weighted by Crippen LogP contribution is 2.45. The number of aromatic nitrogens is 2. The molecule has 4 aromatic rings. The highest BCUT2D eigenvalue weighted by atomic mass is 35.5. The van der Waals surface area contributed by atoms with E-state index in [-0.39, 0.29) is 29.6 Å². The average Bonchev–Trinajstić information content (AvgIpc) is 3.42. The second-order valence-corrected chi connectivity index (χ2v) is 10.8. The summed E-state index contributed by atoms with van der Waals surface area (Å²) in [5.74, 6) is 1.51. The van der Waals surface area contributed by atoms with Crippen LogP contribution in [-0.4, -0.2) is 22.1 Å². The van der Waals surface area contributed by atoms with Crippen LogP contribution in [0.25, 0.3) is 0 Å². The minimum atomic E-state index is -0.141. The Hall–Kier alpha value is -3.61. The van der Waals surface area contributed by atoms with Gasteiger partial charge in [0.1, 0.15) is 11.5 Å². The highest BCUT2D eigenvalue weighted by molar-refractivity contribution is 5.93. The number of carbonyl (C=O) groups is 1. The molecule has 2 heterocycles. The van der Waals surface area contributed by atoms with Gasteiger partial charge in [-0.05, 0) is 29.5 Å². The zero-order valence-electron chi connectivity index (χ0n) is 22.7. The molecule has 0 saturated carbocycles. The van der Waals surface area contributed by atoms with Crippen LogP contribution in [0.4, 0.5) is 5.69 Å². The van der Waals surface area contributed by atoms with Gasteiger partial charge in [-0.3, -0.25) is 4.79 Å². The second-order valence-electron chi connectivity index (χ2n) is 10.8. The standard InChI is InChI=1S/C32H35N3O3.ClH/c1-32(2,3)27-13-8-10-23(21-37-19-9-17-35-18-16-33-22-35)31(27)34-30(36)20-26-24-11-4-6-14-28(24)38-29-15-7-5-12-25(26)29;/h4-8,10-16,18,22,26H,9,17,19-21H2,1-3H3,(H,34,36);1H. The normalized spacial score (nSPS) is 12.6. The van der Waals surface area contributed by atoms with Crippen LogP contribution in [0.15, 0.2) is 85.5 Å². The van der Waals surface area contributed by atoms with E-state index in [1.807, 2.05) is 65.6 Å². The van der Waals surface area contributed by atoms with Crippen LogP contribution in [0.3, 0.4) is 0 Å². The van der Waals surface area contributed by atoms with E-state index in [0.29, 0.717) is 19.6 Å². The summed E-state index contributed by atoms with van der Waals surface area (Å²) < 4.78 is 14.2. The minimum Gasteiger partial charge on any atom is -0.457 e. The smallest absolute Gasteiger partial charge is 0.225 e. The Morgan fingerprint density at radius 3 is 2.33 bits per heavy atom. The number of carbonyl (C=O) groups excluding carboxylic acids is 1. The van der Waals surface area contributed by atoms with Crippen LogP contribution in [0.5, 0.6) is 11.5 Å². The van der Waals surface area contributed by atoms with Gasteiger partial charge in [-0.25, -0.2) is 4.98 Å². The van der Waals surface area contributed by atoms with Gasteiger partial charge in [-0.2, -0.15) is 0 Å². The number of imidazole rings is 1. The van der Waals surface area contributed by atoms with Crippen molar-refractivity contribution in [1.82, 2.24) is 9.55 Å². The number of aryl methyl sites for hydroxylation is 1. The number of ether oxygens (including phenoxy) is 2. The molecule has 0 radical (unpaired) electrons. The number of hydrogen-bond donors (Lipinski definition) is 1. The molecule has 0 fully saturated rings. The van der Waals surface area contributed by atoms with E-state index in [1.165, 1.54) is 0 Å². The summed E-state index contributed by atoms with van der Waals surface area (Å²) in [5.41, 5.74) is 4.86. The number of anilines is 1. The summed E-state index contributed by atoms with van der Waals surface area (Å²) >= 11 is 0. The van der Waals surface area contributed by atoms with Gasteiger partial charge in [0, 0.05) is 60.3 Å². The van der Waals surface area contributed by atoms with Gasteiger partial charge >= 0.3 is 0 Å². The predicted octanol–water partition coefficient (Wildman–Crippen LogP) is 7.48. The molecule has 39 heavy (non-hydrogen) atoms. The van der Waals surface area contributed by atoms with E-state index in [9.17, 15) is 4.79 Å². The second kappa shape index (κ2) is 12.5. The van der Waals surface area contributed by atoms with Gasteiger partial charge in [0.15, 0.2) is 0 Å². The summed E-state index contributed by atoms with van der Waals surface area (Å²) in [6.07, 6.45) is 6.76. The van der Waals surface area contributed by atoms with E-state index in [0.717, 1.165) is 52.4 Å². The van der Waals surface area contributed by atoms with Gasteiger partial charge in [-0.1, -0.05) is 75.4 Å². The van der Waals surface area contributed by atoms with Gasteiger partial charge < -0.3 is 19.4 Å². The summed E-state index contributed by atoms with van der Waals surface area (Å²) in [6.45, 7) is 8.42. The van der Waals surface area contributed by atoms with Crippen LogP contribution in [0, 0.1) is 0 Å². The first-order valence-electron chi connectivity index (χ1n) is 13.2. The van der Waals surface area contributed by atoms with Gasteiger partial charge in [0.2, 0.25) is 5.91 Å². The quantitative estimate of drug-likeness (QED) is 0.221. The summed E-state index contributed by atoms with van der Waals surface area (Å²) in [5, 5.41) is 3.29. The van der Waals surface area contributed by atoms with E-state index in [1.54, 1.807) is 6.20 Å². The molecule has 1 aliphatic heterocycles. The largest absolute Gasteiger partial charge is 0.457 e. The number of para-hydroxylation sites is 3. The maximum absolute atomic E-state index is 13.6. The molecule has 7 heteroatoms. The fraction of sp³-hybridized carbons (Fsp3) is 0.312. The van der Waals surface area contributed by atoms with E-state index in [2.05, 4.69) is 49.3 Å². The zero-order valence-corrected chi connectivity index (χ0v) is 23.5. The Morgan fingerprint density at radius 2 is 1.69 bits per heavy atom. The maximum atomic E-state index is 13.6. The van der Waals surface area contributed by atoms with Gasteiger partial charge in [0.25, 0.3) is 0 Å². The Labute approximate surface area is 236 Å². The van der Waals surface area contributed by atoms with Crippen molar-refractivity contribution in [2.75, 3.05) is 11.9 Å². The molecule has 0 atom stereocenters. The van der Waals surface area contributed by atoms with E-state index < -0.39 is 0 Å². The molecular weight excluding hydrogens is 510 g/mol. The summed E-state index contributed by atoms with van der Waals surface area (Å²) in [7, 11) is 0. The van der Waals surface area contributed by atoms with E-state index >= 15 is 0 Å². The Morgan fingerprint density at radius 1 is 1.00 bits per heavy atom. The summed E-state index contributed by atoms with van der Waals surface area (Å²) in [4.78, 5) is 17.7. The molecule has 0 bridgehead atoms. The lowest BCUT2D eigenvalue weighted by atomic mass is 9.83. The molecule has 0 spiro atoms. The molecule has 6 nitrogen and oxygen atoms in total. The molecular formula is C32H36ClN3O3. The summed E-state index contributed by atoms with van der Waals surface area (Å²) in [6, 6.07) is 22.1. The van der Waals surface area contributed by atoms with Crippen LogP contribution in [0.1, 0.15) is 61.8 Å². The first-order valence-corrected chi connectivity index (χ1v) is 13.2. The topological polar surface area (TPSA) is 65.4 Å². The fourth-order valence-corrected chi connectivity index (χ4v) is 5.05. The lowest BCUT2D eigenvalue weighted by Gasteiger charge is -2.29. The molecule has 204 valence electrons. The van der Waals surface area contributed by atoms with Crippen molar-refractivity contribution in [2.45, 2.75) is 58.1 Å². The molecule has 1 aromatic heterocycles. The number of fused-ring (bicyclic) bond motifs is 2. The molecule has 1 amide bonds. The van der Waals surface area contributed by atoms with Crippen LogP contribution in [0.2, 0.25) is 0 Å². The monoisotopic (exact) mass is 545 g/mol. The van der Waals surface area contributed by atoms with Crippen molar-refractivity contribution in [2.24, 2.45) is 0 Å². The van der Waals surface area contributed by atoms with Crippen molar-refractivity contribution in [3.8, 4) is 11.5 Å². The predicted molar refractivity (Wildman–Crippen MR) is 157 cm³/mol. The molecule has 0 unspecified atom stereocenters. The first-order chi connectivity index (χ1) is 18.4. The zero-order chi connectivity index (χ0) is 26.5. The van der Waals surface area contributed by atoms with Gasteiger partial charge in [-0.15, -0.1) is 12.4 Å². The third-order valence-electron chi connectivity index (χ3n) is 6.94. The maximum Gasteiger partial charge on any atom is 0.225 e. The molecule has 5 rings (SSSR count). The first kappa shape index (κ1) is 28.4. The average molecular weight is 546 g/mol. The SMILES string of the molecule is CC(C)(C)c1cccc(COCCCn2ccnc2)c1NC(=O)CC1c2ccccc2Oc2ccccc21.Cl. The molecule has 0 aliphatic carbocycles. The van der Waals surface area contributed by atoms with Crippen LogP contribution < -0.4 is 10.1 Å². The fourth-order valence-electron chi connectivity index (χ4n) is 5.05. The van der Waals surface area contributed by atoms with Gasteiger partial charge in [0.05, 0.1) is 12.9 Å². The van der Waals surface area contributed by atoms with Crippen molar-refractivity contribution < 1.29 is 14.3 Å².